The fraction of sp³-hybridized carbons (Fsp3) is 0.182. The van der Waals surface area contributed by atoms with Gasteiger partial charge in [-0.3, -0.25) is 0 Å². The van der Waals surface area contributed by atoms with Crippen LogP contribution >= 0.6 is 15.9 Å². The summed E-state index contributed by atoms with van der Waals surface area (Å²) in [5.74, 6) is 0.461. The number of aromatic nitrogens is 1. The number of hydrogen-bond donors (Lipinski definition) is 1. The molecule has 18 heavy (non-hydrogen) atoms. The molecule has 0 aliphatic rings. The highest BCUT2D eigenvalue weighted by Crippen LogP contribution is 2.25. The van der Waals surface area contributed by atoms with Crippen LogP contribution in [0.3, 0.4) is 0 Å². The van der Waals surface area contributed by atoms with Gasteiger partial charge in [-0.05, 0) is 34.5 Å². The van der Waals surface area contributed by atoms with E-state index in [1.165, 1.54) is 6.20 Å². The predicted octanol–water partition coefficient (Wildman–Crippen LogP) is 2.22. The van der Waals surface area contributed by atoms with Crippen molar-refractivity contribution < 1.29 is 12.9 Å². The zero-order valence-corrected chi connectivity index (χ0v) is 12.0. The fourth-order valence-electron chi connectivity index (χ4n) is 1.41. The van der Waals surface area contributed by atoms with Crippen molar-refractivity contribution >= 4 is 26.0 Å². The van der Waals surface area contributed by atoms with Crippen LogP contribution in [0, 0.1) is 6.92 Å². The molecule has 2 rings (SSSR count). The fourth-order valence-corrected chi connectivity index (χ4v) is 3.45. The first-order valence-electron chi connectivity index (χ1n) is 5.15. The molecule has 0 unspecified atom stereocenters. The van der Waals surface area contributed by atoms with Gasteiger partial charge in [0, 0.05) is 10.5 Å². The van der Waals surface area contributed by atoms with E-state index in [1.807, 2.05) is 13.0 Å². The molecule has 0 aliphatic heterocycles. The third-order valence-corrected chi connectivity index (χ3v) is 5.13. The second-order valence-electron chi connectivity index (χ2n) is 3.69. The Morgan fingerprint density at radius 3 is 2.83 bits per heavy atom. The van der Waals surface area contributed by atoms with Crippen molar-refractivity contribution in [2.75, 3.05) is 0 Å². The molecule has 5 nitrogen and oxygen atoms in total. The van der Waals surface area contributed by atoms with E-state index in [0.29, 0.717) is 10.2 Å². The predicted molar refractivity (Wildman–Crippen MR) is 69.4 cm³/mol. The Hall–Kier alpha value is -1.18. The zero-order chi connectivity index (χ0) is 13.2. The van der Waals surface area contributed by atoms with Gasteiger partial charge >= 0.3 is 0 Å². The third kappa shape index (κ3) is 2.80. The van der Waals surface area contributed by atoms with E-state index in [-0.39, 0.29) is 11.4 Å². The Balaban J connectivity index is 2.23. The van der Waals surface area contributed by atoms with Crippen LogP contribution in [0.5, 0.6) is 0 Å². The zero-order valence-electron chi connectivity index (χ0n) is 9.55. The van der Waals surface area contributed by atoms with Gasteiger partial charge in [0.1, 0.15) is 0 Å². The van der Waals surface area contributed by atoms with Gasteiger partial charge < -0.3 is 4.52 Å². The molecule has 0 amide bonds. The van der Waals surface area contributed by atoms with Crippen molar-refractivity contribution in [2.45, 2.75) is 18.4 Å². The lowest BCUT2D eigenvalue weighted by molar-refractivity contribution is 0.380. The Labute approximate surface area is 113 Å². The number of nitrogens with zero attached hydrogens (tertiary/aromatic N) is 1. The lowest BCUT2D eigenvalue weighted by Crippen LogP contribution is -2.23. The van der Waals surface area contributed by atoms with E-state index < -0.39 is 10.0 Å². The SMILES string of the molecule is Cc1cccc(S(=O)(=O)NCc2ccno2)c1Br. The summed E-state index contributed by atoms with van der Waals surface area (Å²) >= 11 is 3.28. The van der Waals surface area contributed by atoms with Gasteiger partial charge in [0.15, 0.2) is 5.76 Å². The van der Waals surface area contributed by atoms with E-state index in [1.54, 1.807) is 18.2 Å². The highest BCUT2D eigenvalue weighted by molar-refractivity contribution is 9.10. The maximum absolute atomic E-state index is 12.1. The van der Waals surface area contributed by atoms with E-state index in [4.69, 9.17) is 4.52 Å². The molecule has 0 radical (unpaired) electrons. The Bertz CT molecular complexity index is 638. The van der Waals surface area contributed by atoms with E-state index in [9.17, 15) is 8.42 Å². The average molecular weight is 331 g/mol. The van der Waals surface area contributed by atoms with Crippen molar-refractivity contribution in [3.8, 4) is 0 Å². The molecule has 1 aromatic carbocycles. The smallest absolute Gasteiger partial charge is 0.242 e. The minimum atomic E-state index is -3.57. The molecular weight excluding hydrogens is 320 g/mol. The van der Waals surface area contributed by atoms with Crippen molar-refractivity contribution in [3.05, 3.63) is 46.3 Å². The molecule has 96 valence electrons. The summed E-state index contributed by atoms with van der Waals surface area (Å²) in [5, 5.41) is 3.51. The summed E-state index contributed by atoms with van der Waals surface area (Å²) in [4.78, 5) is 0.210. The van der Waals surface area contributed by atoms with Gasteiger partial charge in [0.25, 0.3) is 0 Å². The van der Waals surface area contributed by atoms with Crippen molar-refractivity contribution in [1.82, 2.24) is 9.88 Å². The third-order valence-electron chi connectivity index (χ3n) is 2.37. The average Bonchev–Trinajstić information content (AvgIpc) is 2.83. The van der Waals surface area contributed by atoms with Crippen molar-refractivity contribution in [1.29, 1.82) is 0 Å². The molecule has 0 atom stereocenters. The molecule has 1 heterocycles. The summed E-state index contributed by atoms with van der Waals surface area (Å²) in [7, 11) is -3.57. The van der Waals surface area contributed by atoms with E-state index in [2.05, 4.69) is 25.8 Å². The number of nitrogens with one attached hydrogen (secondary N) is 1. The van der Waals surface area contributed by atoms with Crippen molar-refractivity contribution in [3.63, 3.8) is 0 Å². The quantitative estimate of drug-likeness (QED) is 0.932. The standard InChI is InChI=1S/C11H11BrN2O3S/c1-8-3-2-4-10(11(8)12)18(15,16)14-7-9-5-6-13-17-9/h2-6,14H,7H2,1H3. The van der Waals surface area contributed by atoms with Gasteiger partial charge in [-0.1, -0.05) is 17.3 Å². The number of benzene rings is 1. The van der Waals surface area contributed by atoms with Crippen LogP contribution < -0.4 is 4.72 Å². The monoisotopic (exact) mass is 330 g/mol. The molecule has 1 N–H and O–H groups in total. The first-order valence-corrected chi connectivity index (χ1v) is 7.42. The van der Waals surface area contributed by atoms with Crippen LogP contribution in [0.15, 0.2) is 44.4 Å². The maximum atomic E-state index is 12.1. The molecule has 0 saturated heterocycles. The maximum Gasteiger partial charge on any atom is 0.242 e. The van der Waals surface area contributed by atoms with Crippen LogP contribution in [0.25, 0.3) is 0 Å². The summed E-state index contributed by atoms with van der Waals surface area (Å²) in [6.07, 6.45) is 1.46. The molecule has 0 aliphatic carbocycles. The lowest BCUT2D eigenvalue weighted by Gasteiger charge is -2.08. The lowest BCUT2D eigenvalue weighted by atomic mass is 10.2. The summed E-state index contributed by atoms with van der Waals surface area (Å²) in [6.45, 7) is 1.91. The molecule has 0 spiro atoms. The molecule has 1 aromatic heterocycles. The number of hydrogen-bond acceptors (Lipinski definition) is 4. The van der Waals surface area contributed by atoms with Gasteiger partial charge in [-0.15, -0.1) is 0 Å². The second kappa shape index (κ2) is 5.21. The van der Waals surface area contributed by atoms with Crippen LogP contribution in [-0.4, -0.2) is 13.6 Å². The molecule has 2 aromatic rings. The molecule has 0 bridgehead atoms. The molecule has 7 heteroatoms. The Kier molecular flexibility index (Phi) is 3.84. The normalized spacial score (nSPS) is 11.7. The first-order chi connectivity index (χ1) is 8.50. The van der Waals surface area contributed by atoms with Gasteiger partial charge in [-0.2, -0.15) is 0 Å². The van der Waals surface area contributed by atoms with Gasteiger partial charge in [0.2, 0.25) is 10.0 Å². The largest absolute Gasteiger partial charge is 0.360 e. The summed E-state index contributed by atoms with van der Waals surface area (Å²) in [5.41, 5.74) is 0.859. The van der Waals surface area contributed by atoms with E-state index in [0.717, 1.165) is 5.56 Å². The van der Waals surface area contributed by atoms with E-state index >= 15 is 0 Å². The summed E-state index contributed by atoms with van der Waals surface area (Å²) in [6, 6.07) is 6.68. The van der Waals surface area contributed by atoms with Crippen LogP contribution in [-0.2, 0) is 16.6 Å². The second-order valence-corrected chi connectivity index (χ2v) is 6.22. The number of sulfonamides is 1. The minimum absolute atomic E-state index is 0.0721. The highest BCUT2D eigenvalue weighted by atomic mass is 79.9. The Morgan fingerprint density at radius 2 is 2.17 bits per heavy atom. The number of halogens is 1. The Morgan fingerprint density at radius 1 is 1.39 bits per heavy atom. The molecule has 0 fully saturated rings. The summed E-state index contributed by atoms with van der Waals surface area (Å²) < 4.78 is 32.0. The number of rotatable bonds is 4. The topological polar surface area (TPSA) is 72.2 Å². The minimum Gasteiger partial charge on any atom is -0.360 e. The van der Waals surface area contributed by atoms with Crippen molar-refractivity contribution in [2.24, 2.45) is 0 Å². The number of aryl methyl sites for hydroxylation is 1. The van der Waals surface area contributed by atoms with Gasteiger partial charge in [-0.25, -0.2) is 13.1 Å². The molecule has 0 saturated carbocycles. The first kappa shape index (κ1) is 13.3. The van der Waals surface area contributed by atoms with Crippen LogP contribution in [0.2, 0.25) is 0 Å². The van der Waals surface area contributed by atoms with Crippen LogP contribution in [0.4, 0.5) is 0 Å². The highest BCUT2D eigenvalue weighted by Gasteiger charge is 2.18. The van der Waals surface area contributed by atoms with Crippen LogP contribution in [0.1, 0.15) is 11.3 Å². The molecular formula is C11H11BrN2O3S. The van der Waals surface area contributed by atoms with Gasteiger partial charge in [0.05, 0.1) is 17.6 Å².